The van der Waals surface area contributed by atoms with Gasteiger partial charge in [0.25, 0.3) is 0 Å². The average molecular weight is 489 g/mol. The number of sulfone groups is 1. The number of hydrogen-bond donors (Lipinski definition) is 1. The molecule has 2 aromatic rings. The minimum Gasteiger partial charge on any atom is -0.360 e. The largest absolute Gasteiger partial charge is 0.360 e. The van der Waals surface area contributed by atoms with Gasteiger partial charge in [-0.05, 0) is 38.0 Å². The minimum absolute atomic E-state index is 0.301. The van der Waals surface area contributed by atoms with Gasteiger partial charge in [0.1, 0.15) is 0 Å². The van der Waals surface area contributed by atoms with Crippen molar-refractivity contribution in [2.45, 2.75) is 25.2 Å². The summed E-state index contributed by atoms with van der Waals surface area (Å²) in [6.45, 7) is 4.07. The Morgan fingerprint density at radius 1 is 1.36 bits per heavy atom. The molecule has 1 N–H and O–H groups in total. The van der Waals surface area contributed by atoms with Crippen molar-refractivity contribution in [2.24, 2.45) is 0 Å². The molecule has 0 saturated carbocycles. The Labute approximate surface area is 165 Å². The van der Waals surface area contributed by atoms with Crippen LogP contribution in [0.2, 0.25) is 0 Å². The Morgan fingerprint density at radius 3 is 2.68 bits per heavy atom. The van der Waals surface area contributed by atoms with Gasteiger partial charge in [-0.25, -0.2) is 8.42 Å². The second-order valence-corrected chi connectivity index (χ2v) is 8.18. The molecule has 0 fully saturated rings. The molecular formula is C18H20INO3S2. The van der Waals surface area contributed by atoms with Crippen molar-refractivity contribution in [2.75, 3.05) is 6.61 Å². The van der Waals surface area contributed by atoms with Gasteiger partial charge in [-0.1, -0.05) is 24.3 Å². The zero-order chi connectivity index (χ0) is 18.9. The Bertz CT molecular complexity index is 880. The van der Waals surface area contributed by atoms with Crippen molar-refractivity contribution in [1.29, 1.82) is 0 Å². The molecule has 2 rings (SSSR count). The smallest absolute Gasteiger partial charge is 0.208 e. The standard InChI is InChI=1S/C16H18INO3S2.C2H2/c1-3-6-13(4-2)23(19,20)15-11-18-14-8-5-7-12(16(14)15)9-10-21-22-17;1-2/h3-8,11,18H,9-10H2,1-2H3;1-2H/b6-3-,13-4+;. The molecule has 0 spiro atoms. The fraction of sp³-hybridized carbons (Fsp3) is 0.222. The molecule has 134 valence electrons. The lowest BCUT2D eigenvalue weighted by molar-refractivity contribution is 0.386. The SMILES string of the molecule is C#C.C/C=C\C(=C/C)S(=O)(=O)c1c[nH]c2cccc(CCOSI)c12. The Morgan fingerprint density at radius 2 is 2.08 bits per heavy atom. The summed E-state index contributed by atoms with van der Waals surface area (Å²) in [4.78, 5) is 3.69. The fourth-order valence-electron chi connectivity index (χ4n) is 2.46. The lowest BCUT2D eigenvalue weighted by atomic mass is 10.1. The van der Waals surface area contributed by atoms with Gasteiger partial charge >= 0.3 is 0 Å². The molecule has 7 heteroatoms. The number of terminal acetylenes is 1. The molecule has 25 heavy (non-hydrogen) atoms. The van der Waals surface area contributed by atoms with Gasteiger partial charge in [-0.2, -0.15) is 0 Å². The molecule has 4 nitrogen and oxygen atoms in total. The molecule has 0 aliphatic heterocycles. The first-order valence-corrected chi connectivity index (χ1v) is 12.2. The molecular weight excluding hydrogens is 469 g/mol. The molecule has 0 radical (unpaired) electrons. The highest BCUT2D eigenvalue weighted by atomic mass is 127. The lowest BCUT2D eigenvalue weighted by Gasteiger charge is -2.08. The maximum atomic E-state index is 12.9. The van der Waals surface area contributed by atoms with Crippen LogP contribution in [0.3, 0.4) is 0 Å². The van der Waals surface area contributed by atoms with E-state index in [1.807, 2.05) is 18.2 Å². The number of aromatic nitrogens is 1. The van der Waals surface area contributed by atoms with Gasteiger partial charge in [0, 0.05) is 38.3 Å². The van der Waals surface area contributed by atoms with Gasteiger partial charge in [0.2, 0.25) is 9.84 Å². The highest BCUT2D eigenvalue weighted by Crippen LogP contribution is 2.31. The van der Waals surface area contributed by atoms with E-state index < -0.39 is 9.84 Å². The third-order valence-corrected chi connectivity index (χ3v) is 6.38. The van der Waals surface area contributed by atoms with Crippen molar-refractivity contribution in [3.63, 3.8) is 0 Å². The first kappa shape index (κ1) is 21.8. The number of rotatable bonds is 7. The monoisotopic (exact) mass is 489 g/mol. The van der Waals surface area contributed by atoms with Crippen molar-refractivity contribution in [1.82, 2.24) is 4.98 Å². The first-order chi connectivity index (χ1) is 12.1. The normalized spacial score (nSPS) is 12.3. The van der Waals surface area contributed by atoms with E-state index in [1.165, 1.54) is 9.21 Å². The van der Waals surface area contributed by atoms with Crippen LogP contribution in [0.15, 0.2) is 52.4 Å². The van der Waals surface area contributed by atoms with Crippen LogP contribution in [0.4, 0.5) is 0 Å². The van der Waals surface area contributed by atoms with Crippen molar-refractivity contribution >= 4 is 51.2 Å². The predicted octanol–water partition coefficient (Wildman–Crippen LogP) is 5.23. The zero-order valence-corrected chi connectivity index (χ0v) is 17.8. The van der Waals surface area contributed by atoms with Crippen molar-refractivity contribution < 1.29 is 12.6 Å². The Kier molecular flexibility index (Phi) is 9.35. The van der Waals surface area contributed by atoms with E-state index in [0.717, 1.165) is 16.5 Å². The van der Waals surface area contributed by atoms with E-state index in [2.05, 4.69) is 39.0 Å². The number of benzene rings is 1. The average Bonchev–Trinajstić information content (AvgIpc) is 3.07. The number of H-pyrrole nitrogens is 1. The van der Waals surface area contributed by atoms with E-state index >= 15 is 0 Å². The van der Waals surface area contributed by atoms with E-state index in [1.54, 1.807) is 38.3 Å². The van der Waals surface area contributed by atoms with Crippen molar-refractivity contribution in [3.8, 4) is 12.8 Å². The van der Waals surface area contributed by atoms with E-state index in [9.17, 15) is 8.42 Å². The molecule has 1 aromatic heterocycles. The number of hydrogen-bond acceptors (Lipinski definition) is 4. The molecule has 0 unspecified atom stereocenters. The van der Waals surface area contributed by atoms with Crippen LogP contribution in [0.1, 0.15) is 19.4 Å². The quantitative estimate of drug-likeness (QED) is 0.190. The maximum Gasteiger partial charge on any atom is 0.208 e. The third kappa shape index (κ3) is 5.14. The summed E-state index contributed by atoms with van der Waals surface area (Å²) in [5, 5.41) is 0.749. The maximum absolute atomic E-state index is 12.9. The zero-order valence-electron chi connectivity index (χ0n) is 14.0. The summed E-state index contributed by atoms with van der Waals surface area (Å²) in [7, 11) is -2.28. The van der Waals surface area contributed by atoms with Crippen LogP contribution in [-0.4, -0.2) is 20.0 Å². The summed E-state index contributed by atoms with van der Waals surface area (Å²) in [5.41, 5.74) is 1.78. The Hall–Kier alpha value is -1.21. The van der Waals surface area contributed by atoms with Crippen LogP contribution < -0.4 is 0 Å². The lowest BCUT2D eigenvalue weighted by Crippen LogP contribution is -2.04. The summed E-state index contributed by atoms with van der Waals surface area (Å²) in [6.07, 6.45) is 15.2. The number of fused-ring (bicyclic) bond motifs is 1. The summed E-state index contributed by atoms with van der Waals surface area (Å²) in [6, 6.07) is 5.75. The topological polar surface area (TPSA) is 59.2 Å². The van der Waals surface area contributed by atoms with E-state index in [-0.39, 0.29) is 0 Å². The van der Waals surface area contributed by atoms with Crippen LogP contribution >= 0.6 is 30.4 Å². The van der Waals surface area contributed by atoms with Crippen LogP contribution in [0, 0.1) is 12.8 Å². The fourth-order valence-corrected chi connectivity index (χ4v) is 4.75. The highest BCUT2D eigenvalue weighted by molar-refractivity contribution is 14.2. The predicted molar refractivity (Wildman–Crippen MR) is 115 cm³/mol. The van der Waals surface area contributed by atoms with Crippen LogP contribution in [-0.2, 0) is 20.4 Å². The second-order valence-electron chi connectivity index (χ2n) is 4.82. The number of nitrogens with one attached hydrogen (secondary N) is 1. The van der Waals surface area contributed by atoms with E-state index in [0.29, 0.717) is 22.8 Å². The minimum atomic E-state index is -3.55. The van der Waals surface area contributed by atoms with Gasteiger partial charge in [0.15, 0.2) is 0 Å². The summed E-state index contributed by atoms with van der Waals surface area (Å²) in [5.74, 6) is 0. The van der Waals surface area contributed by atoms with Crippen LogP contribution in [0.5, 0.6) is 0 Å². The van der Waals surface area contributed by atoms with Gasteiger partial charge in [-0.3, -0.25) is 0 Å². The Balaban J connectivity index is 0.00000151. The third-order valence-electron chi connectivity index (χ3n) is 3.47. The number of aromatic amines is 1. The second kappa shape index (κ2) is 10.7. The molecule has 0 amide bonds. The van der Waals surface area contributed by atoms with Crippen LogP contribution in [0.25, 0.3) is 10.9 Å². The summed E-state index contributed by atoms with van der Waals surface area (Å²) >= 11 is 2.07. The highest BCUT2D eigenvalue weighted by Gasteiger charge is 2.23. The van der Waals surface area contributed by atoms with E-state index in [4.69, 9.17) is 4.18 Å². The molecule has 0 saturated heterocycles. The number of allylic oxidation sites excluding steroid dienone is 3. The molecule has 1 aromatic carbocycles. The summed E-state index contributed by atoms with van der Waals surface area (Å²) < 4.78 is 31.2. The molecule has 0 bridgehead atoms. The van der Waals surface area contributed by atoms with Gasteiger partial charge in [0.05, 0.1) is 25.6 Å². The van der Waals surface area contributed by atoms with Gasteiger partial charge in [-0.15, -0.1) is 12.8 Å². The molecule has 0 aliphatic rings. The molecule has 0 aliphatic carbocycles. The molecule has 1 heterocycles. The van der Waals surface area contributed by atoms with Crippen molar-refractivity contribution in [3.05, 3.63) is 53.1 Å². The van der Waals surface area contributed by atoms with Gasteiger partial charge < -0.3 is 9.17 Å². The first-order valence-electron chi connectivity index (χ1n) is 7.42. The molecule has 0 atom stereocenters. The number of halogens is 1.